The summed E-state index contributed by atoms with van der Waals surface area (Å²) in [6.45, 7) is 6.89. The molecule has 0 aromatic heterocycles. The van der Waals surface area contributed by atoms with Crippen LogP contribution >= 0.6 is 0 Å². The first-order valence-electron chi connectivity index (χ1n) is 13.5. The maximum Gasteiger partial charge on any atom is 0.432 e. The smallest absolute Gasteiger partial charge is 0.432 e. The first-order valence-corrected chi connectivity index (χ1v) is 14.9. The first kappa shape index (κ1) is 34.4. The van der Waals surface area contributed by atoms with Gasteiger partial charge in [-0.05, 0) is 66.2 Å². The molecular weight excluding hydrogens is 601 g/mol. The van der Waals surface area contributed by atoms with E-state index >= 15 is 0 Å². The molecule has 3 rings (SSSR count). The van der Waals surface area contributed by atoms with Crippen molar-refractivity contribution in [2.24, 2.45) is 5.92 Å². The Labute approximate surface area is 240 Å². The summed E-state index contributed by atoms with van der Waals surface area (Å²) in [5.74, 6) is -5.80. The fourth-order valence-electron chi connectivity index (χ4n) is 5.40. The van der Waals surface area contributed by atoms with Crippen molar-refractivity contribution in [3.8, 4) is 0 Å². The lowest BCUT2D eigenvalue weighted by molar-refractivity contribution is -0.262. The molecule has 2 heterocycles. The summed E-state index contributed by atoms with van der Waals surface area (Å²) in [6, 6.07) is -0.775. The molecule has 1 aliphatic carbocycles. The number of piperidine rings is 1. The van der Waals surface area contributed by atoms with Gasteiger partial charge < -0.3 is 28.4 Å². The van der Waals surface area contributed by atoms with E-state index in [4.69, 9.17) is 14.2 Å². The number of rotatable bonds is 8. The topological polar surface area (TPSA) is 149 Å². The van der Waals surface area contributed by atoms with Gasteiger partial charge in [0.05, 0.1) is 12.0 Å². The maximum absolute atomic E-state index is 13.9. The van der Waals surface area contributed by atoms with Gasteiger partial charge in [0.15, 0.2) is 15.9 Å². The summed E-state index contributed by atoms with van der Waals surface area (Å²) >= 11 is 0. The zero-order valence-corrected chi connectivity index (χ0v) is 24.4. The van der Waals surface area contributed by atoms with Crippen molar-refractivity contribution in [3.63, 3.8) is 0 Å². The molecule has 0 spiro atoms. The highest BCUT2D eigenvalue weighted by atomic mass is 32.2. The number of carbonyl (C=O) groups is 3. The lowest BCUT2D eigenvalue weighted by atomic mass is 9.84. The number of fused-ring (bicyclic) bond motifs is 1. The van der Waals surface area contributed by atoms with Crippen molar-refractivity contribution in [1.29, 1.82) is 0 Å². The van der Waals surface area contributed by atoms with E-state index in [1.54, 1.807) is 20.8 Å². The number of esters is 2. The number of likely N-dealkylation sites (tertiary alicyclic amines) is 1. The Morgan fingerprint density at radius 2 is 1.64 bits per heavy atom. The van der Waals surface area contributed by atoms with Crippen LogP contribution in [0.2, 0.25) is 0 Å². The van der Waals surface area contributed by atoms with E-state index < -0.39 is 75.1 Å². The minimum Gasteiger partial charge on any atom is -0.743 e. The second-order valence-corrected chi connectivity index (χ2v) is 13.4. The highest BCUT2D eigenvalue weighted by Crippen LogP contribution is 2.44. The van der Waals surface area contributed by atoms with Gasteiger partial charge in [0.2, 0.25) is 5.91 Å². The van der Waals surface area contributed by atoms with E-state index in [0.717, 1.165) is 6.42 Å². The number of amides is 1. The lowest BCUT2D eigenvalue weighted by Crippen LogP contribution is -2.53. The number of hydrogen-bond donors (Lipinski definition) is 0. The summed E-state index contributed by atoms with van der Waals surface area (Å²) < 4.78 is 121. The Hall–Kier alpha value is -2.11. The van der Waals surface area contributed by atoms with Crippen LogP contribution in [0.15, 0.2) is 0 Å². The number of carbonyl (C=O) groups excluding carboxylic acids is 3. The zero-order valence-electron chi connectivity index (χ0n) is 23.6. The molecule has 2 saturated heterocycles. The summed E-state index contributed by atoms with van der Waals surface area (Å²) in [5.41, 5.74) is -0.754. The molecular formula is C25H35F5NO10S-. The predicted octanol–water partition coefficient (Wildman–Crippen LogP) is 3.40. The summed E-state index contributed by atoms with van der Waals surface area (Å²) in [7, 11) is -6.84. The van der Waals surface area contributed by atoms with E-state index in [2.05, 4.69) is 4.74 Å². The van der Waals surface area contributed by atoms with E-state index in [9.17, 15) is 49.3 Å². The van der Waals surface area contributed by atoms with E-state index in [1.807, 2.05) is 0 Å². The summed E-state index contributed by atoms with van der Waals surface area (Å²) in [6.07, 6.45) is -10.8. The Morgan fingerprint density at radius 3 is 2.21 bits per heavy atom. The molecule has 3 aliphatic rings. The minimum atomic E-state index is -6.84. The number of alkyl halides is 5. The van der Waals surface area contributed by atoms with Gasteiger partial charge >= 0.3 is 23.4 Å². The standard InChI is InChI=1S/C25H36F5NO10S/c1-22(2,3)41-20(34)15-9-5-6-13-31(15)17(32)11-12-23(4)39-16-10-7-8-14(18(16)40-23)19(33)38-21(24(26,27)28)25(29,30)42(35,36)37/h14-16,18,21H,5-13H2,1-4H3,(H,35,36,37)/p-1. The number of nitrogens with zero attached hydrogens (tertiary/aromatic N) is 1. The highest BCUT2D eigenvalue weighted by molar-refractivity contribution is 7.86. The third-order valence-corrected chi connectivity index (χ3v) is 8.20. The van der Waals surface area contributed by atoms with Gasteiger partial charge in [-0.3, -0.25) is 9.59 Å². The monoisotopic (exact) mass is 636 g/mol. The second-order valence-electron chi connectivity index (χ2n) is 11.9. The molecule has 0 aromatic rings. The Morgan fingerprint density at radius 1 is 1.00 bits per heavy atom. The highest BCUT2D eigenvalue weighted by Gasteiger charge is 2.64. The van der Waals surface area contributed by atoms with E-state index in [-0.39, 0.29) is 31.6 Å². The zero-order chi connectivity index (χ0) is 31.9. The van der Waals surface area contributed by atoms with E-state index in [1.165, 1.54) is 11.8 Å². The normalized spacial score (nSPS) is 29.9. The van der Waals surface area contributed by atoms with Gasteiger partial charge in [0, 0.05) is 19.4 Å². The number of halogens is 5. The lowest BCUT2D eigenvalue weighted by Gasteiger charge is -2.36. The fraction of sp³-hybridized carbons (Fsp3) is 0.880. The molecule has 1 amide bonds. The molecule has 3 fully saturated rings. The van der Waals surface area contributed by atoms with Gasteiger partial charge in [0.1, 0.15) is 17.7 Å². The number of hydrogen-bond acceptors (Lipinski definition) is 10. The fourth-order valence-corrected chi connectivity index (χ4v) is 5.84. The van der Waals surface area contributed by atoms with Gasteiger partial charge in [-0.15, -0.1) is 0 Å². The van der Waals surface area contributed by atoms with Crippen molar-refractivity contribution in [2.45, 2.75) is 126 Å². The molecule has 242 valence electrons. The predicted molar refractivity (Wildman–Crippen MR) is 131 cm³/mol. The van der Waals surface area contributed by atoms with Gasteiger partial charge in [-0.25, -0.2) is 13.2 Å². The Balaban J connectivity index is 1.68. The molecule has 42 heavy (non-hydrogen) atoms. The quantitative estimate of drug-likeness (QED) is 0.221. The Kier molecular flexibility index (Phi) is 9.92. The van der Waals surface area contributed by atoms with Crippen molar-refractivity contribution in [1.82, 2.24) is 4.90 Å². The van der Waals surface area contributed by atoms with Crippen LogP contribution in [-0.2, 0) is 43.4 Å². The largest absolute Gasteiger partial charge is 0.743 e. The molecule has 6 atom stereocenters. The molecule has 2 aliphatic heterocycles. The molecule has 6 unspecified atom stereocenters. The molecule has 17 heteroatoms. The van der Waals surface area contributed by atoms with Gasteiger partial charge in [-0.1, -0.05) is 0 Å². The molecule has 11 nitrogen and oxygen atoms in total. The Bertz CT molecular complexity index is 1140. The molecule has 0 bridgehead atoms. The molecule has 0 aromatic carbocycles. The van der Waals surface area contributed by atoms with E-state index in [0.29, 0.717) is 25.8 Å². The van der Waals surface area contributed by atoms with Gasteiger partial charge in [-0.2, -0.15) is 22.0 Å². The third-order valence-electron chi connectivity index (χ3n) is 7.32. The SMILES string of the molecule is CC(C)(C)OC(=O)C1CCCCN1C(=O)CCC1(C)OC2CCCC(C(=O)OC(C(F)(F)F)C(F)(F)S(=O)(=O)[O-])C2O1. The van der Waals surface area contributed by atoms with Crippen molar-refractivity contribution < 1.29 is 68.3 Å². The van der Waals surface area contributed by atoms with Crippen LogP contribution in [0, 0.1) is 5.92 Å². The van der Waals surface area contributed by atoms with Crippen molar-refractivity contribution >= 4 is 28.0 Å². The van der Waals surface area contributed by atoms with Crippen LogP contribution in [0.1, 0.15) is 79.1 Å². The number of ether oxygens (including phenoxy) is 4. The van der Waals surface area contributed by atoms with Crippen LogP contribution in [0.5, 0.6) is 0 Å². The average Bonchev–Trinajstić information content (AvgIpc) is 3.19. The second kappa shape index (κ2) is 12.1. The summed E-state index contributed by atoms with van der Waals surface area (Å²) in [5, 5.41) is -5.97. The molecule has 0 N–H and O–H groups in total. The summed E-state index contributed by atoms with van der Waals surface area (Å²) in [4.78, 5) is 39.9. The van der Waals surface area contributed by atoms with Crippen LogP contribution in [0.4, 0.5) is 22.0 Å². The van der Waals surface area contributed by atoms with Crippen molar-refractivity contribution in [2.75, 3.05) is 6.54 Å². The van der Waals surface area contributed by atoms with Crippen LogP contribution < -0.4 is 0 Å². The maximum atomic E-state index is 13.9. The molecule has 1 saturated carbocycles. The minimum absolute atomic E-state index is 0.0736. The average molecular weight is 637 g/mol. The van der Waals surface area contributed by atoms with Crippen LogP contribution in [0.3, 0.4) is 0 Å². The first-order chi connectivity index (χ1) is 19.1. The van der Waals surface area contributed by atoms with Gasteiger partial charge in [0.25, 0.3) is 6.10 Å². The van der Waals surface area contributed by atoms with Crippen LogP contribution in [0.25, 0.3) is 0 Å². The molecule has 0 radical (unpaired) electrons. The van der Waals surface area contributed by atoms with Crippen molar-refractivity contribution in [3.05, 3.63) is 0 Å². The third kappa shape index (κ3) is 7.88. The van der Waals surface area contributed by atoms with Crippen LogP contribution in [-0.4, -0.2) is 89.4 Å².